The first-order valence-electron chi connectivity index (χ1n) is 5.54. The van der Waals surface area contributed by atoms with Gasteiger partial charge in [0, 0.05) is 12.4 Å². The van der Waals surface area contributed by atoms with Crippen molar-refractivity contribution in [3.63, 3.8) is 0 Å². The van der Waals surface area contributed by atoms with Crippen LogP contribution in [0.2, 0.25) is 0 Å². The monoisotopic (exact) mass is 265 g/mol. The first-order chi connectivity index (χ1) is 8.49. The minimum Gasteiger partial charge on any atom is -0.347 e. The number of nitrogens with one attached hydrogen (secondary N) is 2. The Labute approximate surface area is 106 Å². The van der Waals surface area contributed by atoms with Gasteiger partial charge in [-0.25, -0.2) is 18.1 Å². The van der Waals surface area contributed by atoms with Crippen molar-refractivity contribution in [1.82, 2.24) is 14.7 Å². The lowest BCUT2D eigenvalue weighted by Gasteiger charge is -2.09. The molecule has 2 aromatic rings. The first-order valence-corrected chi connectivity index (χ1v) is 7.02. The molecular formula is C12H15N3O2S. The number of sulfonamides is 1. The number of nitrogens with zero attached hydrogens (tertiary/aromatic N) is 1. The minimum absolute atomic E-state index is 0.155. The average Bonchev–Trinajstić information content (AvgIpc) is 2.83. The summed E-state index contributed by atoms with van der Waals surface area (Å²) in [5.41, 5.74) is 1.64. The predicted molar refractivity (Wildman–Crippen MR) is 68.5 cm³/mol. The minimum atomic E-state index is -3.50. The van der Waals surface area contributed by atoms with Crippen molar-refractivity contribution in [2.75, 3.05) is 0 Å². The number of hydrogen-bond donors (Lipinski definition) is 2. The van der Waals surface area contributed by atoms with E-state index in [2.05, 4.69) is 14.7 Å². The summed E-state index contributed by atoms with van der Waals surface area (Å²) in [6.45, 7) is 3.80. The Balaban J connectivity index is 2.22. The summed E-state index contributed by atoms with van der Waals surface area (Å²) in [7, 11) is -3.50. The SMILES string of the molecule is Cc1ccc(C)c(S(=O)(=O)NCc2ncc[nH]2)c1. The summed E-state index contributed by atoms with van der Waals surface area (Å²) in [6.07, 6.45) is 3.24. The lowest BCUT2D eigenvalue weighted by Crippen LogP contribution is -2.24. The van der Waals surface area contributed by atoms with E-state index in [4.69, 9.17) is 0 Å². The van der Waals surface area contributed by atoms with E-state index in [1.54, 1.807) is 31.5 Å². The molecule has 0 bridgehead atoms. The Morgan fingerprint density at radius 3 is 2.78 bits per heavy atom. The molecule has 0 aliphatic heterocycles. The largest absolute Gasteiger partial charge is 0.347 e. The van der Waals surface area contributed by atoms with Crippen molar-refractivity contribution in [3.05, 3.63) is 47.5 Å². The molecule has 0 fully saturated rings. The second-order valence-corrected chi connectivity index (χ2v) is 5.86. The molecule has 5 nitrogen and oxygen atoms in total. The summed E-state index contributed by atoms with van der Waals surface area (Å²) < 4.78 is 26.8. The third-order valence-corrected chi connectivity index (χ3v) is 4.16. The van der Waals surface area contributed by atoms with Gasteiger partial charge in [-0.15, -0.1) is 0 Å². The molecule has 0 amide bonds. The zero-order valence-corrected chi connectivity index (χ0v) is 11.1. The molecule has 0 spiro atoms. The van der Waals surface area contributed by atoms with Crippen molar-refractivity contribution >= 4 is 10.0 Å². The molecule has 0 aliphatic carbocycles. The third kappa shape index (κ3) is 2.77. The van der Waals surface area contributed by atoms with Crippen LogP contribution in [0.1, 0.15) is 17.0 Å². The summed E-state index contributed by atoms with van der Waals surface area (Å²) >= 11 is 0. The number of aromatic amines is 1. The highest BCUT2D eigenvalue weighted by Gasteiger charge is 2.16. The lowest BCUT2D eigenvalue weighted by atomic mass is 10.2. The molecule has 0 saturated carbocycles. The van der Waals surface area contributed by atoms with Crippen molar-refractivity contribution in [2.45, 2.75) is 25.3 Å². The molecular weight excluding hydrogens is 250 g/mol. The number of benzene rings is 1. The van der Waals surface area contributed by atoms with E-state index in [9.17, 15) is 8.42 Å². The quantitative estimate of drug-likeness (QED) is 0.879. The van der Waals surface area contributed by atoms with Gasteiger partial charge >= 0.3 is 0 Å². The van der Waals surface area contributed by atoms with Gasteiger partial charge in [0.05, 0.1) is 11.4 Å². The van der Waals surface area contributed by atoms with Gasteiger partial charge in [0.25, 0.3) is 0 Å². The van der Waals surface area contributed by atoms with Crippen LogP contribution in [-0.2, 0) is 16.6 Å². The number of aromatic nitrogens is 2. The highest BCUT2D eigenvalue weighted by Crippen LogP contribution is 2.16. The average molecular weight is 265 g/mol. The molecule has 96 valence electrons. The van der Waals surface area contributed by atoms with E-state index < -0.39 is 10.0 Å². The molecule has 0 radical (unpaired) electrons. The van der Waals surface area contributed by atoms with Crippen LogP contribution in [0.25, 0.3) is 0 Å². The van der Waals surface area contributed by atoms with Gasteiger partial charge in [-0.3, -0.25) is 0 Å². The van der Waals surface area contributed by atoms with E-state index in [1.165, 1.54) is 0 Å². The highest BCUT2D eigenvalue weighted by atomic mass is 32.2. The van der Waals surface area contributed by atoms with E-state index in [1.807, 2.05) is 13.0 Å². The molecule has 0 aliphatic rings. The van der Waals surface area contributed by atoms with Crippen molar-refractivity contribution in [3.8, 4) is 0 Å². The van der Waals surface area contributed by atoms with Crippen LogP contribution in [0, 0.1) is 13.8 Å². The number of rotatable bonds is 4. The molecule has 6 heteroatoms. The zero-order chi connectivity index (χ0) is 13.2. The summed E-state index contributed by atoms with van der Waals surface area (Å²) in [4.78, 5) is 7.13. The molecule has 18 heavy (non-hydrogen) atoms. The fourth-order valence-electron chi connectivity index (χ4n) is 1.63. The fourth-order valence-corrected chi connectivity index (χ4v) is 2.95. The van der Waals surface area contributed by atoms with Crippen LogP contribution in [0.4, 0.5) is 0 Å². The lowest BCUT2D eigenvalue weighted by molar-refractivity contribution is 0.579. The second-order valence-electron chi connectivity index (χ2n) is 4.13. The van der Waals surface area contributed by atoms with Crippen molar-refractivity contribution in [2.24, 2.45) is 0 Å². The maximum Gasteiger partial charge on any atom is 0.241 e. The molecule has 2 N–H and O–H groups in total. The van der Waals surface area contributed by atoms with Crippen LogP contribution in [0.3, 0.4) is 0 Å². The van der Waals surface area contributed by atoms with E-state index in [-0.39, 0.29) is 6.54 Å². The van der Waals surface area contributed by atoms with E-state index in [0.717, 1.165) is 11.1 Å². The molecule has 1 heterocycles. The number of hydrogen-bond acceptors (Lipinski definition) is 3. The predicted octanol–water partition coefficient (Wildman–Crippen LogP) is 1.51. The van der Waals surface area contributed by atoms with Gasteiger partial charge in [0.1, 0.15) is 5.82 Å². The Kier molecular flexibility index (Phi) is 3.49. The second kappa shape index (κ2) is 4.91. The number of imidazole rings is 1. The molecule has 0 unspecified atom stereocenters. The third-order valence-electron chi connectivity index (χ3n) is 2.62. The van der Waals surface area contributed by atoms with Crippen molar-refractivity contribution < 1.29 is 8.42 Å². The van der Waals surface area contributed by atoms with Crippen molar-refractivity contribution in [1.29, 1.82) is 0 Å². The Bertz CT molecular complexity index is 633. The maximum absolute atomic E-state index is 12.1. The summed E-state index contributed by atoms with van der Waals surface area (Å²) in [5, 5.41) is 0. The van der Waals surface area contributed by atoms with Crippen LogP contribution in [0.5, 0.6) is 0 Å². The Morgan fingerprint density at radius 2 is 2.11 bits per heavy atom. The molecule has 2 rings (SSSR count). The number of aryl methyl sites for hydroxylation is 2. The van der Waals surface area contributed by atoms with E-state index in [0.29, 0.717) is 10.7 Å². The molecule has 0 saturated heterocycles. The van der Waals surface area contributed by atoms with Gasteiger partial charge < -0.3 is 4.98 Å². The molecule has 1 aromatic carbocycles. The highest BCUT2D eigenvalue weighted by molar-refractivity contribution is 7.89. The van der Waals surface area contributed by atoms with Crippen LogP contribution < -0.4 is 4.72 Å². The van der Waals surface area contributed by atoms with Gasteiger partial charge in [-0.2, -0.15) is 0 Å². The molecule has 1 aromatic heterocycles. The summed E-state index contributed by atoms with van der Waals surface area (Å²) in [5.74, 6) is 0.587. The molecule has 0 atom stereocenters. The van der Waals surface area contributed by atoms with Crippen LogP contribution >= 0.6 is 0 Å². The first kappa shape index (κ1) is 12.8. The van der Waals surface area contributed by atoms with E-state index >= 15 is 0 Å². The zero-order valence-electron chi connectivity index (χ0n) is 10.3. The van der Waals surface area contributed by atoms with Gasteiger partial charge in [0.2, 0.25) is 10.0 Å². The Morgan fingerprint density at radius 1 is 1.33 bits per heavy atom. The fraction of sp³-hybridized carbons (Fsp3) is 0.250. The topological polar surface area (TPSA) is 74.8 Å². The van der Waals surface area contributed by atoms with Gasteiger partial charge in [0.15, 0.2) is 0 Å². The van der Waals surface area contributed by atoms with Gasteiger partial charge in [-0.1, -0.05) is 12.1 Å². The Hall–Kier alpha value is -1.66. The standard InChI is InChI=1S/C12H15N3O2S/c1-9-3-4-10(2)11(7-9)18(16,17)15-8-12-13-5-6-14-12/h3-7,15H,8H2,1-2H3,(H,13,14). The van der Waals surface area contributed by atoms with Crippen LogP contribution in [0.15, 0.2) is 35.5 Å². The number of H-pyrrole nitrogens is 1. The normalized spacial score (nSPS) is 11.7. The van der Waals surface area contributed by atoms with Gasteiger partial charge in [-0.05, 0) is 31.0 Å². The summed E-state index contributed by atoms with van der Waals surface area (Å²) in [6, 6.07) is 5.36. The maximum atomic E-state index is 12.1. The van der Waals surface area contributed by atoms with Crippen LogP contribution in [-0.4, -0.2) is 18.4 Å². The smallest absolute Gasteiger partial charge is 0.241 e.